The minimum Gasteiger partial charge on any atom is -0.497 e. The minimum atomic E-state index is -0.0503. The number of nitrogens with zero attached hydrogens (tertiary/aromatic N) is 2. The average molecular weight is 355 g/mol. The second-order valence-electron chi connectivity index (χ2n) is 5.91. The Bertz CT molecular complexity index is 808. The van der Waals surface area contributed by atoms with Crippen molar-refractivity contribution in [1.29, 1.82) is 0 Å². The third-order valence-corrected chi connectivity index (χ3v) is 5.11. The van der Waals surface area contributed by atoms with Crippen LogP contribution < -0.4 is 15.1 Å². The van der Waals surface area contributed by atoms with Gasteiger partial charge < -0.3 is 10.1 Å². The summed E-state index contributed by atoms with van der Waals surface area (Å²) in [5.74, 6) is 0.732. The Morgan fingerprint density at radius 3 is 2.80 bits per heavy atom. The van der Waals surface area contributed by atoms with Gasteiger partial charge in [-0.2, -0.15) is 5.10 Å². The van der Waals surface area contributed by atoms with E-state index in [2.05, 4.69) is 24.3 Å². The molecule has 3 rings (SSSR count). The lowest BCUT2D eigenvalue weighted by molar-refractivity contribution is -0.115. The first-order chi connectivity index (χ1) is 12.1. The molecule has 0 fully saturated rings. The van der Waals surface area contributed by atoms with Gasteiger partial charge >= 0.3 is 0 Å². The normalized spacial score (nSPS) is 16.5. The lowest BCUT2D eigenvalue weighted by Gasteiger charge is -2.28. The fourth-order valence-electron chi connectivity index (χ4n) is 2.58. The van der Waals surface area contributed by atoms with E-state index in [9.17, 15) is 4.79 Å². The fourth-order valence-corrected chi connectivity index (χ4v) is 3.47. The van der Waals surface area contributed by atoms with Crippen LogP contribution in [0.3, 0.4) is 0 Å². The first-order valence-electron chi connectivity index (χ1n) is 8.08. The molecule has 2 heterocycles. The van der Waals surface area contributed by atoms with Crippen molar-refractivity contribution in [3.05, 3.63) is 52.9 Å². The summed E-state index contributed by atoms with van der Waals surface area (Å²) in [4.78, 5) is 12.4. The van der Waals surface area contributed by atoms with Crippen molar-refractivity contribution in [2.75, 3.05) is 17.4 Å². The highest BCUT2D eigenvalue weighted by Crippen LogP contribution is 2.36. The van der Waals surface area contributed by atoms with Gasteiger partial charge in [-0.05, 0) is 54.6 Å². The quantitative estimate of drug-likeness (QED) is 0.879. The summed E-state index contributed by atoms with van der Waals surface area (Å²) in [6.07, 6.45) is 4.12. The van der Waals surface area contributed by atoms with Crippen molar-refractivity contribution in [2.24, 2.45) is 5.10 Å². The number of amides is 1. The van der Waals surface area contributed by atoms with E-state index in [0.29, 0.717) is 6.42 Å². The lowest BCUT2D eigenvalue weighted by Crippen LogP contribution is -2.31. The number of allylic oxidation sites excluding steroid dienone is 1. The molecule has 0 saturated carbocycles. The Balaban J connectivity index is 1.69. The Kier molecular flexibility index (Phi) is 5.19. The summed E-state index contributed by atoms with van der Waals surface area (Å²) in [5.41, 5.74) is 2.97. The first kappa shape index (κ1) is 17.2. The van der Waals surface area contributed by atoms with Crippen LogP contribution in [0.1, 0.15) is 19.4 Å². The van der Waals surface area contributed by atoms with Crippen LogP contribution >= 0.6 is 11.3 Å². The number of hydrogen-bond acceptors (Lipinski definition) is 5. The van der Waals surface area contributed by atoms with Crippen LogP contribution in [0, 0.1) is 0 Å². The molecule has 1 N–H and O–H groups in total. The molecule has 1 atom stereocenters. The van der Waals surface area contributed by atoms with Crippen molar-refractivity contribution in [1.82, 2.24) is 0 Å². The number of benzene rings is 1. The maximum absolute atomic E-state index is 12.4. The minimum absolute atomic E-state index is 0.0503. The van der Waals surface area contributed by atoms with Crippen LogP contribution in [-0.4, -0.2) is 25.3 Å². The third kappa shape index (κ3) is 3.91. The molecule has 1 amide bonds. The van der Waals surface area contributed by atoms with Gasteiger partial charge in [-0.25, -0.2) is 5.01 Å². The summed E-state index contributed by atoms with van der Waals surface area (Å²) in [6.45, 7) is 4.18. The van der Waals surface area contributed by atoms with E-state index >= 15 is 0 Å². The molecule has 25 heavy (non-hydrogen) atoms. The Morgan fingerprint density at radius 1 is 1.32 bits per heavy atom. The van der Waals surface area contributed by atoms with Gasteiger partial charge in [-0.15, -0.1) is 11.3 Å². The van der Waals surface area contributed by atoms with Crippen LogP contribution in [0.5, 0.6) is 5.75 Å². The average Bonchev–Trinajstić information content (AvgIpc) is 3.05. The summed E-state index contributed by atoms with van der Waals surface area (Å²) in [6, 6.07) is 9.61. The molecule has 1 aromatic heterocycles. The zero-order valence-electron chi connectivity index (χ0n) is 14.5. The van der Waals surface area contributed by atoms with Crippen LogP contribution in [0.25, 0.3) is 0 Å². The second-order valence-corrected chi connectivity index (χ2v) is 6.80. The Hall–Kier alpha value is -2.60. The van der Waals surface area contributed by atoms with Gasteiger partial charge in [0.15, 0.2) is 0 Å². The molecule has 0 spiro atoms. The van der Waals surface area contributed by atoms with E-state index in [4.69, 9.17) is 4.74 Å². The van der Waals surface area contributed by atoms with Crippen LogP contribution in [0.4, 0.5) is 10.7 Å². The van der Waals surface area contributed by atoms with Gasteiger partial charge in [0, 0.05) is 6.21 Å². The zero-order chi connectivity index (χ0) is 17.8. The second kappa shape index (κ2) is 7.53. The lowest BCUT2D eigenvalue weighted by atomic mass is 10.1. The molecule has 1 aromatic carbocycles. The van der Waals surface area contributed by atoms with E-state index in [1.165, 1.54) is 5.57 Å². The number of nitrogens with one attached hydrogen (secondary N) is 1. The van der Waals surface area contributed by atoms with Crippen molar-refractivity contribution in [3.63, 3.8) is 0 Å². The Labute approximate surface area is 151 Å². The molecule has 0 bridgehead atoms. The van der Waals surface area contributed by atoms with E-state index in [0.717, 1.165) is 22.0 Å². The highest BCUT2D eigenvalue weighted by atomic mass is 32.1. The van der Waals surface area contributed by atoms with Crippen molar-refractivity contribution in [2.45, 2.75) is 26.3 Å². The fraction of sp³-hybridized carbons (Fsp3) is 0.263. The van der Waals surface area contributed by atoms with Crippen LogP contribution in [-0.2, 0) is 11.2 Å². The molecule has 1 unspecified atom stereocenters. The number of carbonyl (C=O) groups excluding carboxylic acids is 1. The van der Waals surface area contributed by atoms with Crippen LogP contribution in [0.15, 0.2) is 52.5 Å². The van der Waals surface area contributed by atoms with Crippen molar-refractivity contribution < 1.29 is 9.53 Å². The van der Waals surface area contributed by atoms with E-state index < -0.39 is 0 Å². The summed E-state index contributed by atoms with van der Waals surface area (Å²) < 4.78 is 5.14. The highest BCUT2D eigenvalue weighted by Gasteiger charge is 2.22. The smallest absolute Gasteiger partial charge is 0.228 e. The molecule has 6 heteroatoms. The predicted octanol–water partition coefficient (Wildman–Crippen LogP) is 4.08. The molecule has 0 saturated heterocycles. The van der Waals surface area contributed by atoms with Gasteiger partial charge in [0.1, 0.15) is 10.8 Å². The topological polar surface area (TPSA) is 53.9 Å². The van der Waals surface area contributed by atoms with E-state index in [1.54, 1.807) is 24.7 Å². The summed E-state index contributed by atoms with van der Waals surface area (Å²) in [5, 5.41) is 12.3. The molecule has 130 valence electrons. The molecular weight excluding hydrogens is 334 g/mol. The summed E-state index contributed by atoms with van der Waals surface area (Å²) in [7, 11) is 1.63. The number of ether oxygens (including phenoxy) is 1. The maximum Gasteiger partial charge on any atom is 0.228 e. The SMILES string of the molecule is COc1ccc(CC(=O)Nc2ccsc2N2N=CC=C(C)C2C)cc1. The van der Waals surface area contributed by atoms with Crippen molar-refractivity contribution >= 4 is 34.1 Å². The highest BCUT2D eigenvalue weighted by molar-refractivity contribution is 7.15. The molecule has 1 aliphatic rings. The summed E-state index contributed by atoms with van der Waals surface area (Å²) >= 11 is 1.57. The number of carbonyl (C=O) groups is 1. The van der Waals surface area contributed by atoms with E-state index in [1.807, 2.05) is 46.8 Å². The van der Waals surface area contributed by atoms with Gasteiger partial charge in [-0.1, -0.05) is 12.1 Å². The zero-order valence-corrected chi connectivity index (χ0v) is 15.3. The van der Waals surface area contributed by atoms with Gasteiger partial charge in [0.25, 0.3) is 0 Å². The van der Waals surface area contributed by atoms with Gasteiger partial charge in [0.2, 0.25) is 5.91 Å². The maximum atomic E-state index is 12.4. The molecule has 0 radical (unpaired) electrons. The largest absolute Gasteiger partial charge is 0.497 e. The number of thiophene rings is 1. The molecule has 2 aromatic rings. The number of anilines is 2. The third-order valence-electron chi connectivity index (χ3n) is 4.21. The number of methoxy groups -OCH3 is 1. The predicted molar refractivity (Wildman–Crippen MR) is 104 cm³/mol. The molecular formula is C19H21N3O2S. The Morgan fingerprint density at radius 2 is 2.08 bits per heavy atom. The van der Waals surface area contributed by atoms with Gasteiger partial charge in [0.05, 0.1) is 25.3 Å². The standard InChI is InChI=1S/C19H21N3O2S/c1-13-8-10-20-22(14(13)2)19-17(9-11-25-19)21-18(23)12-15-4-6-16(24-3)7-5-15/h4-11,14H,12H2,1-3H3,(H,21,23). The monoisotopic (exact) mass is 355 g/mol. The van der Waals surface area contributed by atoms with Crippen molar-refractivity contribution in [3.8, 4) is 5.75 Å². The molecule has 5 nitrogen and oxygen atoms in total. The van der Waals surface area contributed by atoms with E-state index in [-0.39, 0.29) is 11.9 Å². The number of rotatable bonds is 5. The van der Waals surface area contributed by atoms with Crippen LogP contribution in [0.2, 0.25) is 0 Å². The van der Waals surface area contributed by atoms with Gasteiger partial charge in [-0.3, -0.25) is 4.79 Å². The first-order valence-corrected chi connectivity index (χ1v) is 8.96. The molecule has 1 aliphatic heterocycles. The number of hydrogen-bond donors (Lipinski definition) is 1. The number of hydrazone groups is 1. The molecule has 0 aliphatic carbocycles.